The van der Waals surface area contributed by atoms with Crippen molar-refractivity contribution in [3.8, 4) is 0 Å². The molecule has 3 nitrogen and oxygen atoms in total. The molecule has 1 fully saturated rings. The molecule has 12 heavy (non-hydrogen) atoms. The van der Waals surface area contributed by atoms with Gasteiger partial charge < -0.3 is 10.5 Å². The van der Waals surface area contributed by atoms with Crippen LogP contribution >= 0.6 is 0 Å². The van der Waals surface area contributed by atoms with E-state index in [0.29, 0.717) is 11.8 Å². The van der Waals surface area contributed by atoms with E-state index in [-0.39, 0.29) is 17.9 Å². The van der Waals surface area contributed by atoms with Crippen LogP contribution in [0, 0.1) is 17.8 Å². The van der Waals surface area contributed by atoms with Crippen LogP contribution in [0.5, 0.6) is 0 Å². The molecule has 0 unspecified atom stereocenters. The quantitative estimate of drug-likeness (QED) is 0.451. The van der Waals surface area contributed by atoms with Gasteiger partial charge in [-0.05, 0) is 18.3 Å². The molecular formula is C9H13NO2. The van der Waals surface area contributed by atoms with Gasteiger partial charge in [-0.25, -0.2) is 0 Å². The molecule has 3 heteroatoms. The zero-order valence-electron chi connectivity index (χ0n) is 7.07. The second-order valence-electron chi connectivity index (χ2n) is 3.57. The predicted molar refractivity (Wildman–Crippen MR) is 44.2 cm³/mol. The second-order valence-corrected chi connectivity index (χ2v) is 3.57. The van der Waals surface area contributed by atoms with Gasteiger partial charge in [0, 0.05) is 6.04 Å². The standard InChI is InChI=1S/C9H13NO2/c1-12-9(11)7-5-2-3-6(4-5)8(7)10/h2-3,5-8H,4,10H2,1H3/t5-,6-,7+,8-/m1/s1. The highest BCUT2D eigenvalue weighted by molar-refractivity contribution is 5.75. The summed E-state index contributed by atoms with van der Waals surface area (Å²) in [6, 6.07) is -0.0209. The zero-order chi connectivity index (χ0) is 8.72. The van der Waals surface area contributed by atoms with Crippen molar-refractivity contribution in [2.24, 2.45) is 23.5 Å². The number of methoxy groups -OCH3 is 1. The van der Waals surface area contributed by atoms with E-state index in [9.17, 15) is 4.79 Å². The number of fused-ring (bicyclic) bond motifs is 2. The van der Waals surface area contributed by atoms with Gasteiger partial charge in [-0.2, -0.15) is 0 Å². The summed E-state index contributed by atoms with van der Waals surface area (Å²) in [6.45, 7) is 0. The summed E-state index contributed by atoms with van der Waals surface area (Å²) in [5, 5.41) is 0. The van der Waals surface area contributed by atoms with Crippen molar-refractivity contribution in [2.45, 2.75) is 12.5 Å². The van der Waals surface area contributed by atoms with Crippen LogP contribution in [0.4, 0.5) is 0 Å². The number of rotatable bonds is 1. The van der Waals surface area contributed by atoms with Crippen LogP contribution in [0.15, 0.2) is 12.2 Å². The van der Waals surface area contributed by atoms with Gasteiger partial charge in [-0.15, -0.1) is 0 Å². The SMILES string of the molecule is COC(=O)[C@@H]1[C@H](N)[C@@H]2C=C[C@@H]1C2. The van der Waals surface area contributed by atoms with Crippen molar-refractivity contribution in [3.05, 3.63) is 12.2 Å². The predicted octanol–water partition coefficient (Wildman–Crippen LogP) is 0.309. The maximum Gasteiger partial charge on any atom is 0.310 e. The first kappa shape index (κ1) is 7.80. The van der Waals surface area contributed by atoms with Gasteiger partial charge in [-0.3, -0.25) is 4.79 Å². The Hall–Kier alpha value is -0.830. The minimum atomic E-state index is -0.153. The van der Waals surface area contributed by atoms with Gasteiger partial charge >= 0.3 is 5.97 Å². The summed E-state index contributed by atoms with van der Waals surface area (Å²) in [6.07, 6.45) is 5.24. The Morgan fingerprint density at radius 1 is 1.50 bits per heavy atom. The number of carbonyl (C=O) groups excluding carboxylic acids is 1. The van der Waals surface area contributed by atoms with Crippen LogP contribution in [0.2, 0.25) is 0 Å². The molecule has 2 aliphatic carbocycles. The number of allylic oxidation sites excluding steroid dienone is 1. The normalized spacial score (nSPS) is 43.5. The lowest BCUT2D eigenvalue weighted by Gasteiger charge is -2.21. The monoisotopic (exact) mass is 167 g/mol. The largest absolute Gasteiger partial charge is 0.469 e. The molecule has 0 amide bonds. The van der Waals surface area contributed by atoms with Crippen LogP contribution in [-0.2, 0) is 9.53 Å². The first-order valence-corrected chi connectivity index (χ1v) is 4.26. The smallest absolute Gasteiger partial charge is 0.310 e. The maximum atomic E-state index is 11.3. The summed E-state index contributed by atoms with van der Waals surface area (Å²) < 4.78 is 4.70. The molecule has 0 aliphatic heterocycles. The number of ether oxygens (including phenoxy) is 1. The minimum absolute atomic E-state index is 0.0209. The molecule has 0 saturated heterocycles. The molecule has 2 rings (SSSR count). The van der Waals surface area contributed by atoms with Crippen LogP contribution in [0.3, 0.4) is 0 Å². The third kappa shape index (κ3) is 0.894. The molecule has 2 N–H and O–H groups in total. The lowest BCUT2D eigenvalue weighted by molar-refractivity contribution is -0.146. The van der Waals surface area contributed by atoms with E-state index in [1.54, 1.807) is 0 Å². The molecule has 0 aromatic carbocycles. The Morgan fingerprint density at radius 2 is 2.17 bits per heavy atom. The molecule has 0 heterocycles. The van der Waals surface area contributed by atoms with Crippen LogP contribution in [-0.4, -0.2) is 19.1 Å². The summed E-state index contributed by atoms with van der Waals surface area (Å²) in [4.78, 5) is 11.3. The molecular weight excluding hydrogens is 154 g/mol. The van der Waals surface area contributed by atoms with Gasteiger partial charge in [0.2, 0.25) is 0 Å². The fourth-order valence-electron chi connectivity index (χ4n) is 2.33. The minimum Gasteiger partial charge on any atom is -0.469 e. The van der Waals surface area contributed by atoms with Crippen molar-refractivity contribution in [2.75, 3.05) is 7.11 Å². The van der Waals surface area contributed by atoms with E-state index in [0.717, 1.165) is 6.42 Å². The number of hydrogen-bond acceptors (Lipinski definition) is 3. The van der Waals surface area contributed by atoms with E-state index in [2.05, 4.69) is 12.2 Å². The molecule has 0 aromatic rings. The molecule has 0 spiro atoms. The molecule has 4 atom stereocenters. The maximum absolute atomic E-state index is 11.3. The fourth-order valence-corrected chi connectivity index (χ4v) is 2.33. The Balaban J connectivity index is 2.18. The number of hydrogen-bond donors (Lipinski definition) is 1. The van der Waals surface area contributed by atoms with E-state index in [1.807, 2.05) is 0 Å². The molecule has 0 aromatic heterocycles. The summed E-state index contributed by atoms with van der Waals surface area (Å²) in [5.74, 6) is 0.487. The van der Waals surface area contributed by atoms with Gasteiger partial charge in [0.05, 0.1) is 13.0 Å². The average molecular weight is 167 g/mol. The third-order valence-electron chi connectivity index (χ3n) is 2.99. The third-order valence-corrected chi connectivity index (χ3v) is 2.99. The molecule has 2 aliphatic rings. The molecule has 2 bridgehead atoms. The van der Waals surface area contributed by atoms with E-state index >= 15 is 0 Å². The second kappa shape index (κ2) is 2.59. The van der Waals surface area contributed by atoms with Crippen molar-refractivity contribution in [3.63, 3.8) is 0 Å². The van der Waals surface area contributed by atoms with Crippen LogP contribution in [0.25, 0.3) is 0 Å². The number of esters is 1. The van der Waals surface area contributed by atoms with E-state index in [4.69, 9.17) is 10.5 Å². The van der Waals surface area contributed by atoms with Crippen molar-refractivity contribution in [1.82, 2.24) is 0 Å². The van der Waals surface area contributed by atoms with Crippen LogP contribution in [0.1, 0.15) is 6.42 Å². The Kier molecular flexibility index (Phi) is 1.68. The highest BCUT2D eigenvalue weighted by Gasteiger charge is 2.46. The van der Waals surface area contributed by atoms with Gasteiger partial charge in [0.1, 0.15) is 0 Å². The summed E-state index contributed by atoms with van der Waals surface area (Å²) >= 11 is 0. The Bertz CT molecular complexity index is 237. The number of carbonyl (C=O) groups is 1. The highest BCUT2D eigenvalue weighted by Crippen LogP contribution is 2.42. The van der Waals surface area contributed by atoms with Crippen molar-refractivity contribution >= 4 is 5.97 Å². The van der Waals surface area contributed by atoms with Crippen LogP contribution < -0.4 is 5.73 Å². The lowest BCUT2D eigenvalue weighted by atomic mass is 9.90. The van der Waals surface area contributed by atoms with Crippen molar-refractivity contribution in [1.29, 1.82) is 0 Å². The first-order valence-electron chi connectivity index (χ1n) is 4.26. The molecule has 1 saturated carbocycles. The first-order chi connectivity index (χ1) is 5.74. The fraction of sp³-hybridized carbons (Fsp3) is 0.667. The lowest BCUT2D eigenvalue weighted by Crippen LogP contribution is -2.39. The summed E-state index contributed by atoms with van der Waals surface area (Å²) in [7, 11) is 1.42. The molecule has 0 radical (unpaired) electrons. The van der Waals surface area contributed by atoms with Gasteiger partial charge in [0.15, 0.2) is 0 Å². The topological polar surface area (TPSA) is 52.3 Å². The van der Waals surface area contributed by atoms with Gasteiger partial charge in [-0.1, -0.05) is 12.2 Å². The number of nitrogens with two attached hydrogens (primary N) is 1. The van der Waals surface area contributed by atoms with E-state index in [1.165, 1.54) is 7.11 Å². The van der Waals surface area contributed by atoms with E-state index < -0.39 is 0 Å². The van der Waals surface area contributed by atoms with Crippen molar-refractivity contribution < 1.29 is 9.53 Å². The highest BCUT2D eigenvalue weighted by atomic mass is 16.5. The zero-order valence-corrected chi connectivity index (χ0v) is 7.07. The molecule has 66 valence electrons. The Labute approximate surface area is 71.6 Å². The Morgan fingerprint density at radius 3 is 2.67 bits per heavy atom. The average Bonchev–Trinajstić information content (AvgIpc) is 2.63. The summed E-state index contributed by atoms with van der Waals surface area (Å²) in [5.41, 5.74) is 5.89. The van der Waals surface area contributed by atoms with Gasteiger partial charge in [0.25, 0.3) is 0 Å².